The summed E-state index contributed by atoms with van der Waals surface area (Å²) in [6.45, 7) is 7.38. The van der Waals surface area contributed by atoms with Crippen molar-refractivity contribution >= 4 is 23.8 Å². The number of rotatable bonds is 4. The van der Waals surface area contributed by atoms with Crippen LogP contribution in [0.4, 0.5) is 0 Å². The van der Waals surface area contributed by atoms with Crippen molar-refractivity contribution in [3.8, 4) is 0 Å². The number of hydrogen-bond donors (Lipinski definition) is 1. The van der Waals surface area contributed by atoms with Crippen molar-refractivity contribution in [2.75, 3.05) is 26.2 Å². The molecule has 7 nitrogen and oxygen atoms in total. The number of benzene rings is 1. The quantitative estimate of drug-likeness (QED) is 0.787. The second-order valence-electron chi connectivity index (χ2n) is 8.23. The molecular formula is C23H27N3O4. The largest absolute Gasteiger partial charge is 0.465 e. The number of carbonyl (C=O) groups is 3. The van der Waals surface area contributed by atoms with Crippen molar-refractivity contribution in [2.24, 2.45) is 5.41 Å². The summed E-state index contributed by atoms with van der Waals surface area (Å²) in [4.78, 5) is 41.7. The first kappa shape index (κ1) is 21.4. The first-order valence-electron chi connectivity index (χ1n) is 9.96. The summed E-state index contributed by atoms with van der Waals surface area (Å²) < 4.78 is 5.32. The summed E-state index contributed by atoms with van der Waals surface area (Å²) in [6.07, 6.45) is 3.03. The predicted molar refractivity (Wildman–Crippen MR) is 113 cm³/mol. The van der Waals surface area contributed by atoms with Gasteiger partial charge in [0.2, 0.25) is 5.91 Å². The van der Waals surface area contributed by atoms with Crippen molar-refractivity contribution < 1.29 is 18.8 Å². The zero-order valence-corrected chi connectivity index (χ0v) is 17.6. The Labute approximate surface area is 176 Å². The van der Waals surface area contributed by atoms with E-state index >= 15 is 0 Å². The van der Waals surface area contributed by atoms with Gasteiger partial charge in [-0.15, -0.1) is 0 Å². The minimum Gasteiger partial charge on any atom is -0.465 e. The van der Waals surface area contributed by atoms with E-state index < -0.39 is 5.41 Å². The Kier molecular flexibility index (Phi) is 6.40. The highest BCUT2D eigenvalue weighted by atomic mass is 16.3. The number of carbonyl (C=O) groups excluding carboxylic acids is 3. The predicted octanol–water partition coefficient (Wildman–Crippen LogP) is 2.77. The van der Waals surface area contributed by atoms with E-state index in [1.807, 2.05) is 26.8 Å². The van der Waals surface area contributed by atoms with Crippen molar-refractivity contribution in [1.82, 2.24) is 15.1 Å². The number of nitrogens with one attached hydrogen (secondary N) is 1. The molecule has 1 saturated heterocycles. The van der Waals surface area contributed by atoms with Gasteiger partial charge in [-0.05, 0) is 24.3 Å². The Morgan fingerprint density at radius 3 is 2.13 bits per heavy atom. The molecule has 1 aliphatic heterocycles. The summed E-state index contributed by atoms with van der Waals surface area (Å²) >= 11 is 0. The van der Waals surface area contributed by atoms with Gasteiger partial charge in [0, 0.05) is 43.2 Å². The fourth-order valence-corrected chi connectivity index (χ4v) is 3.21. The van der Waals surface area contributed by atoms with Crippen LogP contribution in [-0.4, -0.2) is 53.7 Å². The zero-order chi connectivity index (χ0) is 21.7. The van der Waals surface area contributed by atoms with Gasteiger partial charge in [-0.2, -0.15) is 0 Å². The maximum atomic E-state index is 13.2. The van der Waals surface area contributed by atoms with Crippen molar-refractivity contribution in [1.29, 1.82) is 0 Å². The summed E-state index contributed by atoms with van der Waals surface area (Å²) in [5.41, 5.74) is 0.130. The number of furan rings is 1. The van der Waals surface area contributed by atoms with Crippen LogP contribution in [0.15, 0.2) is 58.8 Å². The van der Waals surface area contributed by atoms with E-state index in [-0.39, 0.29) is 23.4 Å². The minimum absolute atomic E-state index is 0.0679. The molecule has 0 unspecified atom stereocenters. The van der Waals surface area contributed by atoms with Crippen molar-refractivity contribution in [3.05, 3.63) is 65.7 Å². The van der Waals surface area contributed by atoms with E-state index in [2.05, 4.69) is 5.32 Å². The first-order chi connectivity index (χ1) is 14.3. The van der Waals surface area contributed by atoms with Gasteiger partial charge in [0.05, 0.1) is 6.26 Å². The highest BCUT2D eigenvalue weighted by Gasteiger charge is 2.32. The van der Waals surface area contributed by atoms with E-state index in [1.54, 1.807) is 46.2 Å². The number of hydrogen-bond acceptors (Lipinski definition) is 4. The van der Waals surface area contributed by atoms with Gasteiger partial charge in [0.1, 0.15) is 11.5 Å². The lowest BCUT2D eigenvalue weighted by Crippen LogP contribution is -2.54. The zero-order valence-electron chi connectivity index (χ0n) is 17.6. The number of piperazine rings is 1. The lowest BCUT2D eigenvalue weighted by Gasteiger charge is -2.37. The third kappa shape index (κ3) is 5.17. The normalized spacial score (nSPS) is 15.1. The topological polar surface area (TPSA) is 82.9 Å². The Hall–Kier alpha value is -3.35. The second kappa shape index (κ2) is 8.98. The van der Waals surface area contributed by atoms with E-state index in [9.17, 15) is 14.4 Å². The second-order valence-corrected chi connectivity index (χ2v) is 8.23. The van der Waals surface area contributed by atoms with Gasteiger partial charge in [0.15, 0.2) is 0 Å². The van der Waals surface area contributed by atoms with Crippen LogP contribution in [0.1, 0.15) is 36.9 Å². The van der Waals surface area contributed by atoms with Crippen LogP contribution in [0.3, 0.4) is 0 Å². The van der Waals surface area contributed by atoms with Crippen LogP contribution >= 0.6 is 0 Å². The lowest BCUT2D eigenvalue weighted by atomic mass is 9.94. The summed E-state index contributed by atoms with van der Waals surface area (Å²) in [5, 5.41) is 2.72. The van der Waals surface area contributed by atoms with Crippen LogP contribution < -0.4 is 5.32 Å². The third-order valence-corrected chi connectivity index (χ3v) is 4.84. The van der Waals surface area contributed by atoms with Crippen molar-refractivity contribution in [3.63, 3.8) is 0 Å². The molecular weight excluding hydrogens is 382 g/mol. The first-order valence-corrected chi connectivity index (χ1v) is 9.96. The molecule has 3 amide bonds. The van der Waals surface area contributed by atoms with Crippen LogP contribution in [-0.2, 0) is 9.59 Å². The van der Waals surface area contributed by atoms with Gasteiger partial charge >= 0.3 is 0 Å². The molecule has 30 heavy (non-hydrogen) atoms. The minimum atomic E-state index is -0.458. The highest BCUT2D eigenvalue weighted by Crippen LogP contribution is 2.19. The molecule has 3 rings (SSSR count). The van der Waals surface area contributed by atoms with Gasteiger partial charge in [-0.3, -0.25) is 14.4 Å². The Morgan fingerprint density at radius 2 is 1.57 bits per heavy atom. The van der Waals surface area contributed by atoms with Crippen LogP contribution in [0.2, 0.25) is 0 Å². The summed E-state index contributed by atoms with van der Waals surface area (Å²) in [7, 11) is 0. The van der Waals surface area contributed by atoms with E-state index in [4.69, 9.17) is 4.42 Å². The Bertz CT molecular complexity index is 919. The maximum absolute atomic E-state index is 13.2. The van der Waals surface area contributed by atoms with E-state index in [0.29, 0.717) is 37.5 Å². The lowest BCUT2D eigenvalue weighted by molar-refractivity contribution is -0.144. The molecule has 1 fully saturated rings. The average molecular weight is 409 g/mol. The molecule has 0 bridgehead atoms. The van der Waals surface area contributed by atoms with Gasteiger partial charge in [-0.1, -0.05) is 39.0 Å². The van der Waals surface area contributed by atoms with Crippen LogP contribution in [0, 0.1) is 5.41 Å². The molecule has 1 aromatic heterocycles. The highest BCUT2D eigenvalue weighted by molar-refractivity contribution is 6.05. The van der Waals surface area contributed by atoms with Gasteiger partial charge < -0.3 is 19.5 Å². The Balaban J connectivity index is 1.73. The molecule has 0 saturated carbocycles. The number of amides is 3. The molecule has 7 heteroatoms. The standard InChI is InChI=1S/C23H27N3O4/c1-23(2,3)22(29)26-13-11-25(12-14-26)21(28)19(16-18-10-7-15-30-18)24-20(27)17-8-5-4-6-9-17/h4-10,15-16H,11-14H2,1-3H3,(H,24,27). The number of nitrogens with zero attached hydrogens (tertiary/aromatic N) is 2. The molecule has 0 radical (unpaired) electrons. The molecule has 1 aromatic carbocycles. The molecule has 2 aromatic rings. The van der Waals surface area contributed by atoms with E-state index in [0.717, 1.165) is 0 Å². The monoisotopic (exact) mass is 409 g/mol. The van der Waals surface area contributed by atoms with Gasteiger partial charge in [0.25, 0.3) is 11.8 Å². The van der Waals surface area contributed by atoms with Crippen LogP contribution in [0.5, 0.6) is 0 Å². The summed E-state index contributed by atoms with van der Waals surface area (Å²) in [5.74, 6) is -0.145. The fraction of sp³-hybridized carbons (Fsp3) is 0.348. The molecule has 158 valence electrons. The summed E-state index contributed by atoms with van der Waals surface area (Å²) in [6, 6.07) is 12.1. The fourth-order valence-electron chi connectivity index (χ4n) is 3.21. The Morgan fingerprint density at radius 1 is 0.933 bits per heavy atom. The molecule has 1 N–H and O–H groups in total. The maximum Gasteiger partial charge on any atom is 0.270 e. The SMILES string of the molecule is CC(C)(C)C(=O)N1CCN(C(=O)C(=Cc2ccco2)NC(=O)c2ccccc2)CC1. The smallest absolute Gasteiger partial charge is 0.270 e. The third-order valence-electron chi connectivity index (χ3n) is 4.84. The average Bonchev–Trinajstić information content (AvgIpc) is 3.25. The molecule has 2 heterocycles. The van der Waals surface area contributed by atoms with Crippen LogP contribution in [0.25, 0.3) is 6.08 Å². The molecule has 0 aliphatic carbocycles. The molecule has 0 atom stereocenters. The van der Waals surface area contributed by atoms with Gasteiger partial charge in [-0.25, -0.2) is 0 Å². The van der Waals surface area contributed by atoms with Crippen molar-refractivity contribution in [2.45, 2.75) is 20.8 Å². The van der Waals surface area contributed by atoms with E-state index in [1.165, 1.54) is 12.3 Å². The molecule has 0 spiro atoms. The molecule has 1 aliphatic rings.